The summed E-state index contributed by atoms with van der Waals surface area (Å²) in [6.45, 7) is 2.37. The van der Waals surface area contributed by atoms with Crippen molar-refractivity contribution >= 4 is 5.91 Å². The van der Waals surface area contributed by atoms with Crippen molar-refractivity contribution in [3.63, 3.8) is 0 Å². The van der Waals surface area contributed by atoms with E-state index in [2.05, 4.69) is 0 Å². The molecule has 1 heterocycles. The molecule has 2 aromatic rings. The largest absolute Gasteiger partial charge is 0.493 e. The van der Waals surface area contributed by atoms with Crippen molar-refractivity contribution in [2.75, 3.05) is 34.4 Å². The maximum Gasteiger partial charge on any atom is 0.278 e. The molecule has 0 saturated heterocycles. The number of nitrogens with zero attached hydrogens (tertiary/aromatic N) is 1. The van der Waals surface area contributed by atoms with Crippen molar-refractivity contribution in [2.45, 2.75) is 19.5 Å². The van der Waals surface area contributed by atoms with Gasteiger partial charge in [0.15, 0.2) is 18.0 Å². The van der Waals surface area contributed by atoms with Gasteiger partial charge in [0.25, 0.3) is 5.91 Å². The minimum Gasteiger partial charge on any atom is -0.493 e. The SMILES string of the molecule is COc1cc2c(cc1OC)CN(C(=O)C[NH+](C)Cc1ccc(F)cc1)CC2. The average molecular weight is 373 g/mol. The molecule has 0 aromatic heterocycles. The Balaban J connectivity index is 1.62. The van der Waals surface area contributed by atoms with Crippen LogP contribution in [0.1, 0.15) is 16.7 Å². The van der Waals surface area contributed by atoms with Crippen molar-refractivity contribution in [1.82, 2.24) is 4.90 Å². The molecular formula is C21H26FN2O3+. The summed E-state index contributed by atoms with van der Waals surface area (Å²) in [7, 11) is 5.22. The van der Waals surface area contributed by atoms with Crippen molar-refractivity contribution in [3.8, 4) is 11.5 Å². The first-order chi connectivity index (χ1) is 13.0. The van der Waals surface area contributed by atoms with E-state index in [9.17, 15) is 9.18 Å². The molecule has 0 bridgehead atoms. The van der Waals surface area contributed by atoms with Gasteiger partial charge in [-0.25, -0.2) is 4.39 Å². The number of hydrogen-bond donors (Lipinski definition) is 1. The number of amides is 1. The van der Waals surface area contributed by atoms with Gasteiger partial charge in [-0.1, -0.05) is 12.1 Å². The van der Waals surface area contributed by atoms with Crippen molar-refractivity contribution in [1.29, 1.82) is 0 Å². The highest BCUT2D eigenvalue weighted by Crippen LogP contribution is 2.33. The number of likely N-dealkylation sites (N-methyl/N-ethyl adjacent to an activating group) is 1. The van der Waals surface area contributed by atoms with Gasteiger partial charge in [0, 0.05) is 18.7 Å². The van der Waals surface area contributed by atoms with Gasteiger partial charge in [0.05, 0.1) is 21.3 Å². The molecule has 27 heavy (non-hydrogen) atoms. The number of fused-ring (bicyclic) bond motifs is 1. The fraction of sp³-hybridized carbons (Fsp3) is 0.381. The van der Waals surface area contributed by atoms with E-state index < -0.39 is 0 Å². The van der Waals surface area contributed by atoms with Crippen LogP contribution in [0.25, 0.3) is 0 Å². The highest BCUT2D eigenvalue weighted by Gasteiger charge is 2.24. The lowest BCUT2D eigenvalue weighted by molar-refractivity contribution is -0.885. The van der Waals surface area contributed by atoms with Crippen molar-refractivity contribution < 1.29 is 23.6 Å². The van der Waals surface area contributed by atoms with Crippen LogP contribution in [0.5, 0.6) is 11.5 Å². The first-order valence-corrected chi connectivity index (χ1v) is 9.07. The van der Waals surface area contributed by atoms with E-state index in [0.29, 0.717) is 31.9 Å². The third-order valence-electron chi connectivity index (χ3n) is 4.94. The second-order valence-corrected chi connectivity index (χ2v) is 6.98. The number of methoxy groups -OCH3 is 2. The lowest BCUT2D eigenvalue weighted by atomic mass is 9.98. The Morgan fingerprint density at radius 1 is 1.11 bits per heavy atom. The predicted octanol–water partition coefficient (Wildman–Crippen LogP) is 1.44. The van der Waals surface area contributed by atoms with Crippen LogP contribution in [0.4, 0.5) is 4.39 Å². The molecule has 1 amide bonds. The van der Waals surface area contributed by atoms with Crippen LogP contribution in [0.15, 0.2) is 36.4 Å². The zero-order valence-electron chi connectivity index (χ0n) is 16.0. The lowest BCUT2D eigenvalue weighted by Crippen LogP contribution is -3.08. The van der Waals surface area contributed by atoms with E-state index in [4.69, 9.17) is 9.47 Å². The monoisotopic (exact) mass is 373 g/mol. The molecule has 1 unspecified atom stereocenters. The normalized spacial score (nSPS) is 14.4. The molecule has 144 valence electrons. The molecule has 0 spiro atoms. The van der Waals surface area contributed by atoms with E-state index in [-0.39, 0.29) is 11.7 Å². The molecule has 1 aliphatic rings. The quantitative estimate of drug-likeness (QED) is 0.833. The third kappa shape index (κ3) is 4.57. The standard InChI is InChI=1S/C21H25FN2O3/c1-23(12-15-4-6-18(22)7-5-15)14-21(25)24-9-8-16-10-19(26-2)20(27-3)11-17(16)13-24/h4-7,10-11H,8-9,12-14H2,1-3H3/p+1. The minimum atomic E-state index is -0.244. The van der Waals surface area contributed by atoms with Gasteiger partial charge in [-0.2, -0.15) is 0 Å². The summed E-state index contributed by atoms with van der Waals surface area (Å²) in [6.07, 6.45) is 0.804. The van der Waals surface area contributed by atoms with Gasteiger partial charge in [0.2, 0.25) is 0 Å². The molecule has 1 atom stereocenters. The Labute approximate surface area is 159 Å². The fourth-order valence-corrected chi connectivity index (χ4v) is 3.48. The summed E-state index contributed by atoms with van der Waals surface area (Å²) >= 11 is 0. The first-order valence-electron chi connectivity index (χ1n) is 9.07. The minimum absolute atomic E-state index is 0.120. The average Bonchev–Trinajstić information content (AvgIpc) is 2.68. The lowest BCUT2D eigenvalue weighted by Gasteiger charge is -2.30. The fourth-order valence-electron chi connectivity index (χ4n) is 3.48. The molecule has 0 fully saturated rings. The van der Waals surface area contributed by atoms with Crippen molar-refractivity contribution in [3.05, 3.63) is 58.9 Å². The van der Waals surface area contributed by atoms with Crippen LogP contribution in [0.3, 0.4) is 0 Å². The molecule has 3 rings (SSSR count). The zero-order valence-corrected chi connectivity index (χ0v) is 16.0. The molecule has 2 aromatic carbocycles. The van der Waals surface area contributed by atoms with Gasteiger partial charge >= 0.3 is 0 Å². The molecule has 0 radical (unpaired) electrons. The highest BCUT2D eigenvalue weighted by atomic mass is 19.1. The third-order valence-corrected chi connectivity index (χ3v) is 4.94. The van der Waals surface area contributed by atoms with E-state index in [1.54, 1.807) is 26.4 Å². The van der Waals surface area contributed by atoms with Gasteiger partial charge in [-0.05, 0) is 41.8 Å². The second-order valence-electron chi connectivity index (χ2n) is 6.98. The summed E-state index contributed by atoms with van der Waals surface area (Å²) in [5, 5.41) is 0. The summed E-state index contributed by atoms with van der Waals surface area (Å²) in [4.78, 5) is 15.7. The van der Waals surface area contributed by atoms with E-state index >= 15 is 0 Å². The van der Waals surface area contributed by atoms with Crippen LogP contribution >= 0.6 is 0 Å². The Bertz CT molecular complexity index is 808. The number of nitrogens with one attached hydrogen (secondary N) is 1. The Morgan fingerprint density at radius 3 is 2.37 bits per heavy atom. The van der Waals surface area contributed by atoms with Crippen molar-refractivity contribution in [2.24, 2.45) is 0 Å². The van der Waals surface area contributed by atoms with Gasteiger partial charge in [-0.15, -0.1) is 0 Å². The van der Waals surface area contributed by atoms with E-state index in [1.807, 2.05) is 24.1 Å². The van der Waals surface area contributed by atoms with Crippen LogP contribution in [-0.4, -0.2) is 45.2 Å². The van der Waals surface area contributed by atoms with Crippen LogP contribution in [-0.2, 0) is 24.3 Å². The maximum atomic E-state index is 13.0. The Kier molecular flexibility index (Phi) is 5.96. The Morgan fingerprint density at radius 2 is 1.74 bits per heavy atom. The first kappa shape index (κ1) is 19.2. The van der Waals surface area contributed by atoms with Gasteiger partial charge < -0.3 is 19.3 Å². The number of quaternary nitrogens is 1. The molecule has 5 nitrogen and oxygen atoms in total. The predicted molar refractivity (Wildman–Crippen MR) is 101 cm³/mol. The highest BCUT2D eigenvalue weighted by molar-refractivity contribution is 5.77. The van der Waals surface area contributed by atoms with Crippen LogP contribution in [0.2, 0.25) is 0 Å². The van der Waals surface area contributed by atoms with Crippen LogP contribution < -0.4 is 14.4 Å². The zero-order chi connectivity index (χ0) is 19.4. The summed E-state index contributed by atoms with van der Waals surface area (Å²) in [5.74, 6) is 1.28. The molecule has 1 N–H and O–H groups in total. The molecule has 1 aliphatic heterocycles. The van der Waals surface area contributed by atoms with E-state index in [0.717, 1.165) is 28.2 Å². The van der Waals surface area contributed by atoms with Crippen LogP contribution in [0, 0.1) is 5.82 Å². The number of hydrogen-bond acceptors (Lipinski definition) is 3. The molecular weight excluding hydrogens is 347 g/mol. The molecule has 0 aliphatic carbocycles. The Hall–Kier alpha value is -2.60. The van der Waals surface area contributed by atoms with Gasteiger partial charge in [0.1, 0.15) is 12.4 Å². The molecule has 6 heteroatoms. The molecule has 0 saturated carbocycles. The smallest absolute Gasteiger partial charge is 0.278 e. The number of ether oxygens (including phenoxy) is 2. The maximum absolute atomic E-state index is 13.0. The van der Waals surface area contributed by atoms with Gasteiger partial charge in [-0.3, -0.25) is 4.79 Å². The summed E-state index contributed by atoms with van der Waals surface area (Å²) < 4.78 is 23.8. The number of benzene rings is 2. The topological polar surface area (TPSA) is 43.2 Å². The number of carbonyl (C=O) groups excluding carboxylic acids is 1. The number of rotatable bonds is 6. The second kappa shape index (κ2) is 8.39. The summed E-state index contributed by atoms with van der Waals surface area (Å²) in [6, 6.07) is 10.4. The summed E-state index contributed by atoms with van der Waals surface area (Å²) in [5.41, 5.74) is 3.31. The number of halogens is 1. The van der Waals surface area contributed by atoms with E-state index in [1.165, 1.54) is 17.7 Å². The number of carbonyl (C=O) groups is 1.